The van der Waals surface area contributed by atoms with E-state index in [9.17, 15) is 4.79 Å². The third kappa shape index (κ3) is 5.81. The zero-order valence-corrected chi connectivity index (χ0v) is 14.9. The van der Waals surface area contributed by atoms with Crippen LogP contribution in [0.5, 0.6) is 11.5 Å². The summed E-state index contributed by atoms with van der Waals surface area (Å²) in [4.78, 5) is 11.8. The standard InChI is InChI=1S/C19H23NO3S/c1-15-7-3-4-8-16(15)13-24-14-19(21)20-11-12-23-18-10-6-5-9-17(18)22-2/h3-10H,11-14H2,1-2H3,(H,20,21). The van der Waals surface area contributed by atoms with Crippen LogP contribution in [0.4, 0.5) is 0 Å². The molecule has 1 N–H and O–H groups in total. The fraction of sp³-hybridized carbons (Fsp3) is 0.316. The van der Waals surface area contributed by atoms with E-state index in [1.807, 2.05) is 36.4 Å². The first-order valence-corrected chi connectivity index (χ1v) is 9.01. The van der Waals surface area contributed by atoms with Crippen molar-refractivity contribution in [3.8, 4) is 11.5 Å². The summed E-state index contributed by atoms with van der Waals surface area (Å²) in [5.74, 6) is 2.69. The summed E-state index contributed by atoms with van der Waals surface area (Å²) < 4.78 is 10.8. The van der Waals surface area contributed by atoms with Crippen molar-refractivity contribution >= 4 is 17.7 Å². The zero-order valence-electron chi connectivity index (χ0n) is 14.1. The first-order chi connectivity index (χ1) is 11.7. The average molecular weight is 345 g/mol. The largest absolute Gasteiger partial charge is 0.493 e. The van der Waals surface area contributed by atoms with E-state index in [1.165, 1.54) is 11.1 Å². The SMILES string of the molecule is COc1ccccc1OCCNC(=O)CSCc1ccccc1C. The number of hydrogen-bond acceptors (Lipinski definition) is 4. The molecule has 2 rings (SSSR count). The van der Waals surface area contributed by atoms with Gasteiger partial charge in [0, 0.05) is 5.75 Å². The first kappa shape index (κ1) is 18.2. The minimum absolute atomic E-state index is 0.0252. The lowest BCUT2D eigenvalue weighted by Gasteiger charge is -2.11. The maximum absolute atomic E-state index is 11.8. The average Bonchev–Trinajstić information content (AvgIpc) is 2.60. The molecule has 0 fully saturated rings. The van der Waals surface area contributed by atoms with Gasteiger partial charge >= 0.3 is 0 Å². The summed E-state index contributed by atoms with van der Waals surface area (Å²) >= 11 is 1.62. The molecule has 0 saturated heterocycles. The maximum Gasteiger partial charge on any atom is 0.230 e. The van der Waals surface area contributed by atoms with Crippen molar-refractivity contribution in [2.75, 3.05) is 26.0 Å². The predicted octanol–water partition coefficient (Wildman–Crippen LogP) is 3.43. The highest BCUT2D eigenvalue weighted by Crippen LogP contribution is 2.25. The molecular formula is C19H23NO3S. The van der Waals surface area contributed by atoms with Crippen LogP contribution in [0.15, 0.2) is 48.5 Å². The summed E-state index contributed by atoms with van der Waals surface area (Å²) in [5.41, 5.74) is 2.53. The van der Waals surface area contributed by atoms with Crippen LogP contribution in [0.25, 0.3) is 0 Å². The van der Waals surface area contributed by atoms with Crippen LogP contribution in [-0.2, 0) is 10.5 Å². The van der Waals surface area contributed by atoms with E-state index in [0.717, 1.165) is 5.75 Å². The Morgan fingerprint density at radius 2 is 1.79 bits per heavy atom. The molecule has 0 aromatic heterocycles. The second kappa shape index (κ2) is 9.88. The molecular weight excluding hydrogens is 322 g/mol. The number of thioether (sulfide) groups is 1. The van der Waals surface area contributed by atoms with Gasteiger partial charge in [0.2, 0.25) is 5.91 Å². The highest BCUT2D eigenvalue weighted by Gasteiger charge is 2.05. The second-order valence-corrected chi connectivity index (χ2v) is 6.25. The van der Waals surface area contributed by atoms with Crippen LogP contribution < -0.4 is 14.8 Å². The number of para-hydroxylation sites is 2. The van der Waals surface area contributed by atoms with Gasteiger partial charge in [-0.2, -0.15) is 0 Å². The molecule has 0 saturated carbocycles. The summed E-state index contributed by atoms with van der Waals surface area (Å²) in [6.45, 7) is 2.97. The highest BCUT2D eigenvalue weighted by molar-refractivity contribution is 7.99. The van der Waals surface area contributed by atoms with Crippen molar-refractivity contribution in [2.45, 2.75) is 12.7 Å². The number of nitrogens with one attached hydrogen (secondary N) is 1. The van der Waals surface area contributed by atoms with Crippen molar-refractivity contribution in [3.63, 3.8) is 0 Å². The number of amides is 1. The molecule has 4 nitrogen and oxygen atoms in total. The zero-order chi connectivity index (χ0) is 17.2. The number of benzene rings is 2. The number of hydrogen-bond donors (Lipinski definition) is 1. The van der Waals surface area contributed by atoms with Gasteiger partial charge in [-0.05, 0) is 30.2 Å². The Morgan fingerprint density at radius 1 is 1.08 bits per heavy atom. The molecule has 0 aliphatic rings. The molecule has 2 aromatic carbocycles. The van der Waals surface area contributed by atoms with Gasteiger partial charge in [0.1, 0.15) is 6.61 Å². The van der Waals surface area contributed by atoms with Crippen LogP contribution in [0.3, 0.4) is 0 Å². The van der Waals surface area contributed by atoms with E-state index in [2.05, 4.69) is 24.4 Å². The number of carbonyl (C=O) groups excluding carboxylic acids is 1. The maximum atomic E-state index is 11.8. The molecule has 0 bridgehead atoms. The number of rotatable bonds is 9. The van der Waals surface area contributed by atoms with Crippen molar-refractivity contribution in [1.82, 2.24) is 5.32 Å². The molecule has 0 atom stereocenters. The molecule has 0 radical (unpaired) electrons. The van der Waals surface area contributed by atoms with Gasteiger partial charge in [0.15, 0.2) is 11.5 Å². The topological polar surface area (TPSA) is 47.6 Å². The van der Waals surface area contributed by atoms with Gasteiger partial charge in [0.05, 0.1) is 19.4 Å². The molecule has 0 heterocycles. The minimum Gasteiger partial charge on any atom is -0.493 e. The van der Waals surface area contributed by atoms with Gasteiger partial charge in [-0.1, -0.05) is 36.4 Å². The molecule has 0 aliphatic carbocycles. The third-order valence-electron chi connectivity index (χ3n) is 3.50. The van der Waals surface area contributed by atoms with Crippen molar-refractivity contribution in [3.05, 3.63) is 59.7 Å². The van der Waals surface area contributed by atoms with Crippen molar-refractivity contribution in [2.24, 2.45) is 0 Å². The molecule has 0 unspecified atom stereocenters. The van der Waals surface area contributed by atoms with Crippen molar-refractivity contribution in [1.29, 1.82) is 0 Å². The Labute approximate surface area is 147 Å². The molecule has 5 heteroatoms. The highest BCUT2D eigenvalue weighted by atomic mass is 32.2. The lowest BCUT2D eigenvalue weighted by molar-refractivity contribution is -0.118. The number of aryl methyl sites for hydroxylation is 1. The Morgan fingerprint density at radius 3 is 2.54 bits per heavy atom. The van der Waals surface area contributed by atoms with Crippen LogP contribution in [0.1, 0.15) is 11.1 Å². The van der Waals surface area contributed by atoms with Crippen LogP contribution in [0, 0.1) is 6.92 Å². The summed E-state index contributed by atoms with van der Waals surface area (Å²) in [7, 11) is 1.61. The lowest BCUT2D eigenvalue weighted by Crippen LogP contribution is -2.29. The van der Waals surface area contributed by atoms with Crippen LogP contribution in [0.2, 0.25) is 0 Å². The van der Waals surface area contributed by atoms with Gasteiger partial charge in [0.25, 0.3) is 0 Å². The molecule has 2 aromatic rings. The summed E-state index contributed by atoms with van der Waals surface area (Å²) in [6, 6.07) is 15.7. The third-order valence-corrected chi connectivity index (χ3v) is 4.48. The van der Waals surface area contributed by atoms with Crippen molar-refractivity contribution < 1.29 is 14.3 Å². The summed E-state index contributed by atoms with van der Waals surface area (Å²) in [5, 5.41) is 2.87. The normalized spacial score (nSPS) is 10.2. The predicted molar refractivity (Wildman–Crippen MR) is 98.8 cm³/mol. The fourth-order valence-corrected chi connectivity index (χ4v) is 3.10. The van der Waals surface area contributed by atoms with Gasteiger partial charge in [-0.25, -0.2) is 0 Å². The quantitative estimate of drug-likeness (QED) is 0.707. The monoisotopic (exact) mass is 345 g/mol. The Kier molecular flexibility index (Phi) is 7.49. The van der Waals surface area contributed by atoms with E-state index in [4.69, 9.17) is 9.47 Å². The molecule has 1 amide bonds. The van der Waals surface area contributed by atoms with E-state index in [0.29, 0.717) is 30.4 Å². The molecule has 0 aliphatic heterocycles. The van der Waals surface area contributed by atoms with E-state index < -0.39 is 0 Å². The molecule has 24 heavy (non-hydrogen) atoms. The van der Waals surface area contributed by atoms with Crippen LogP contribution in [-0.4, -0.2) is 31.9 Å². The van der Waals surface area contributed by atoms with Gasteiger partial charge < -0.3 is 14.8 Å². The number of ether oxygens (including phenoxy) is 2. The Balaban J connectivity index is 1.62. The molecule has 128 valence electrons. The van der Waals surface area contributed by atoms with Gasteiger partial charge in [-0.15, -0.1) is 11.8 Å². The van der Waals surface area contributed by atoms with Crippen LogP contribution >= 0.6 is 11.8 Å². The number of carbonyl (C=O) groups is 1. The van der Waals surface area contributed by atoms with E-state index in [1.54, 1.807) is 18.9 Å². The number of methoxy groups -OCH3 is 1. The molecule has 0 spiro atoms. The fourth-order valence-electron chi connectivity index (χ4n) is 2.17. The first-order valence-electron chi connectivity index (χ1n) is 7.85. The smallest absolute Gasteiger partial charge is 0.230 e. The minimum atomic E-state index is 0.0252. The van der Waals surface area contributed by atoms with E-state index >= 15 is 0 Å². The summed E-state index contributed by atoms with van der Waals surface area (Å²) in [6.07, 6.45) is 0. The second-order valence-electron chi connectivity index (χ2n) is 5.27. The Bertz CT molecular complexity index is 661. The van der Waals surface area contributed by atoms with E-state index in [-0.39, 0.29) is 5.91 Å². The Hall–Kier alpha value is -2.14. The lowest BCUT2D eigenvalue weighted by atomic mass is 10.1. The van der Waals surface area contributed by atoms with Gasteiger partial charge in [-0.3, -0.25) is 4.79 Å².